The van der Waals surface area contributed by atoms with Crippen LogP contribution in [-0.2, 0) is 0 Å². The lowest BCUT2D eigenvalue weighted by Gasteiger charge is -2.55. The van der Waals surface area contributed by atoms with Gasteiger partial charge in [-0.05, 0) is 18.8 Å². The van der Waals surface area contributed by atoms with E-state index < -0.39 is 0 Å². The van der Waals surface area contributed by atoms with Crippen molar-refractivity contribution in [1.82, 2.24) is 14.9 Å². The molecule has 96 valence electrons. The van der Waals surface area contributed by atoms with E-state index in [4.69, 9.17) is 16.3 Å². The monoisotopic (exact) mass is 265 g/mol. The molecule has 0 amide bonds. The first-order chi connectivity index (χ1) is 8.78. The highest BCUT2D eigenvalue weighted by molar-refractivity contribution is 6.29. The molecule has 5 heteroatoms. The zero-order chi connectivity index (χ0) is 12.1. The van der Waals surface area contributed by atoms with Crippen LogP contribution in [0.5, 0.6) is 5.88 Å². The van der Waals surface area contributed by atoms with E-state index in [0.29, 0.717) is 29.0 Å². The van der Waals surface area contributed by atoms with E-state index in [1.807, 2.05) is 0 Å². The van der Waals surface area contributed by atoms with Crippen LogP contribution in [0.4, 0.5) is 0 Å². The van der Waals surface area contributed by atoms with E-state index in [2.05, 4.69) is 14.9 Å². The topological polar surface area (TPSA) is 38.2 Å². The Morgan fingerprint density at radius 1 is 1.17 bits per heavy atom. The second-order valence-electron chi connectivity index (χ2n) is 5.84. The molecule has 4 bridgehead atoms. The number of aromatic nitrogens is 2. The fraction of sp³-hybridized carbons (Fsp3) is 0.692. The molecule has 1 aromatic rings. The fourth-order valence-corrected chi connectivity index (χ4v) is 4.21. The maximum Gasteiger partial charge on any atom is 0.218 e. The van der Waals surface area contributed by atoms with Gasteiger partial charge in [0.25, 0.3) is 0 Å². The van der Waals surface area contributed by atoms with Crippen molar-refractivity contribution in [2.24, 2.45) is 17.8 Å². The Bertz CT molecular complexity index is 439. The molecule has 18 heavy (non-hydrogen) atoms. The van der Waals surface area contributed by atoms with Gasteiger partial charge in [0.15, 0.2) is 0 Å². The summed E-state index contributed by atoms with van der Waals surface area (Å²) in [5.74, 6) is 2.87. The third kappa shape index (κ3) is 1.79. The summed E-state index contributed by atoms with van der Waals surface area (Å²) in [7, 11) is 0. The van der Waals surface area contributed by atoms with Gasteiger partial charge >= 0.3 is 0 Å². The second-order valence-corrected chi connectivity index (χ2v) is 6.22. The predicted octanol–water partition coefficient (Wildman–Crippen LogP) is 1.85. The molecule has 1 saturated carbocycles. The van der Waals surface area contributed by atoms with Crippen molar-refractivity contribution in [2.75, 3.05) is 19.6 Å². The molecule has 0 unspecified atom stereocenters. The Morgan fingerprint density at radius 2 is 1.94 bits per heavy atom. The smallest absolute Gasteiger partial charge is 0.218 e. The van der Waals surface area contributed by atoms with E-state index in [1.165, 1.54) is 38.8 Å². The molecule has 1 aliphatic carbocycles. The minimum atomic E-state index is 0.323. The number of piperidine rings is 3. The van der Waals surface area contributed by atoms with Crippen LogP contribution in [0.15, 0.2) is 12.4 Å². The van der Waals surface area contributed by atoms with Crippen LogP contribution in [0.2, 0.25) is 5.15 Å². The van der Waals surface area contributed by atoms with Crippen LogP contribution in [0.3, 0.4) is 0 Å². The first-order valence-corrected chi connectivity index (χ1v) is 7.02. The molecule has 4 nitrogen and oxygen atoms in total. The zero-order valence-electron chi connectivity index (χ0n) is 10.1. The van der Waals surface area contributed by atoms with Gasteiger partial charge in [-0.1, -0.05) is 11.6 Å². The molecule has 4 aliphatic rings. The van der Waals surface area contributed by atoms with Gasteiger partial charge < -0.3 is 9.64 Å². The Kier molecular flexibility index (Phi) is 2.49. The number of nitrogens with zero attached hydrogens (tertiary/aromatic N) is 3. The molecule has 4 heterocycles. The normalized spacial score (nSPS) is 41.1. The number of halogens is 1. The molecular formula is C13H16ClN3O. The minimum absolute atomic E-state index is 0.323. The Morgan fingerprint density at radius 3 is 2.61 bits per heavy atom. The lowest BCUT2D eigenvalue weighted by Crippen LogP contribution is -2.61. The van der Waals surface area contributed by atoms with Gasteiger partial charge in [0.05, 0.1) is 0 Å². The third-order valence-corrected chi connectivity index (χ3v) is 4.78. The van der Waals surface area contributed by atoms with Crippen molar-refractivity contribution in [3.05, 3.63) is 17.5 Å². The third-order valence-electron chi connectivity index (χ3n) is 4.57. The van der Waals surface area contributed by atoms with Crippen LogP contribution in [0.1, 0.15) is 12.8 Å². The molecule has 5 rings (SSSR count). The van der Waals surface area contributed by atoms with Crippen molar-refractivity contribution in [3.8, 4) is 5.88 Å². The molecule has 0 N–H and O–H groups in total. The SMILES string of the molecule is Clc1cc(OC2[C@H]3CC4C[C@H]2CN(C4)C3)ncn1. The van der Waals surface area contributed by atoms with Crippen molar-refractivity contribution in [1.29, 1.82) is 0 Å². The van der Waals surface area contributed by atoms with E-state index in [-0.39, 0.29) is 0 Å². The van der Waals surface area contributed by atoms with E-state index in [1.54, 1.807) is 6.07 Å². The van der Waals surface area contributed by atoms with Gasteiger partial charge in [-0.15, -0.1) is 0 Å². The Labute approximate surface area is 111 Å². The van der Waals surface area contributed by atoms with Crippen molar-refractivity contribution >= 4 is 11.6 Å². The zero-order valence-corrected chi connectivity index (χ0v) is 10.9. The van der Waals surface area contributed by atoms with Crippen molar-refractivity contribution in [2.45, 2.75) is 18.9 Å². The lowest BCUT2D eigenvalue weighted by atomic mass is 9.66. The molecule has 3 saturated heterocycles. The molecule has 0 spiro atoms. The van der Waals surface area contributed by atoms with E-state index in [0.717, 1.165) is 5.92 Å². The van der Waals surface area contributed by atoms with E-state index in [9.17, 15) is 0 Å². The van der Waals surface area contributed by atoms with Crippen LogP contribution in [0.25, 0.3) is 0 Å². The summed E-state index contributed by atoms with van der Waals surface area (Å²) >= 11 is 5.87. The predicted molar refractivity (Wildman–Crippen MR) is 67.6 cm³/mol. The van der Waals surface area contributed by atoms with Gasteiger partial charge in [-0.3, -0.25) is 0 Å². The molecular weight excluding hydrogens is 250 g/mol. The Hall–Kier alpha value is -0.870. The molecule has 0 radical (unpaired) electrons. The van der Waals surface area contributed by atoms with Crippen molar-refractivity contribution in [3.63, 3.8) is 0 Å². The summed E-state index contributed by atoms with van der Waals surface area (Å²) in [6, 6.07) is 1.72. The Balaban J connectivity index is 1.55. The highest BCUT2D eigenvalue weighted by Gasteiger charge is 2.48. The summed E-state index contributed by atoms with van der Waals surface area (Å²) in [5, 5.41) is 0.451. The summed E-state index contributed by atoms with van der Waals surface area (Å²) in [5.41, 5.74) is 0. The lowest BCUT2D eigenvalue weighted by molar-refractivity contribution is -0.0997. The maximum atomic E-state index is 6.11. The van der Waals surface area contributed by atoms with Gasteiger partial charge in [-0.2, -0.15) is 0 Å². The highest BCUT2D eigenvalue weighted by Crippen LogP contribution is 2.44. The standard InChI is InChI=1S/C13H16ClN3O/c14-11-3-12(16-7-15-11)18-13-9-1-8-2-10(13)6-17(4-8)5-9/h3,7-10,13H,1-2,4-6H2/t8?,9-,10-,13?/m0/s1. The number of hydrogen-bond acceptors (Lipinski definition) is 4. The van der Waals surface area contributed by atoms with Gasteiger partial charge in [-0.25, -0.2) is 9.97 Å². The number of hydrogen-bond donors (Lipinski definition) is 0. The van der Waals surface area contributed by atoms with Crippen LogP contribution < -0.4 is 4.74 Å². The molecule has 0 aromatic carbocycles. The second kappa shape index (κ2) is 4.07. The first-order valence-electron chi connectivity index (χ1n) is 6.64. The van der Waals surface area contributed by atoms with Crippen molar-refractivity contribution < 1.29 is 4.74 Å². The van der Waals surface area contributed by atoms with Gasteiger partial charge in [0, 0.05) is 37.5 Å². The summed E-state index contributed by atoms with van der Waals surface area (Å²) in [6.45, 7) is 3.69. The molecule has 1 aromatic heterocycles. The van der Waals surface area contributed by atoms with E-state index >= 15 is 0 Å². The quantitative estimate of drug-likeness (QED) is 0.765. The highest BCUT2D eigenvalue weighted by atomic mass is 35.5. The summed E-state index contributed by atoms with van der Waals surface area (Å²) < 4.78 is 6.11. The van der Waals surface area contributed by atoms with Crippen LogP contribution >= 0.6 is 11.6 Å². The molecule has 4 fully saturated rings. The van der Waals surface area contributed by atoms with Crippen LogP contribution in [-0.4, -0.2) is 40.6 Å². The minimum Gasteiger partial charge on any atom is -0.474 e. The average molecular weight is 266 g/mol. The van der Waals surface area contributed by atoms with Crippen LogP contribution in [0, 0.1) is 17.8 Å². The maximum absolute atomic E-state index is 6.11. The van der Waals surface area contributed by atoms with Gasteiger partial charge in [0.1, 0.15) is 17.6 Å². The molecule has 3 aliphatic heterocycles. The number of ether oxygens (including phenoxy) is 1. The summed E-state index contributed by atoms with van der Waals surface area (Å²) in [4.78, 5) is 10.6. The molecule has 2 atom stereocenters. The largest absolute Gasteiger partial charge is 0.474 e. The fourth-order valence-electron chi connectivity index (χ4n) is 4.08. The number of rotatable bonds is 2. The average Bonchev–Trinajstić information content (AvgIpc) is 2.33. The first kappa shape index (κ1) is 11.0. The summed E-state index contributed by atoms with van der Waals surface area (Å²) in [6.07, 6.45) is 4.42. The van der Waals surface area contributed by atoms with Gasteiger partial charge in [0.2, 0.25) is 5.88 Å².